The van der Waals surface area contributed by atoms with Gasteiger partial charge in [0.15, 0.2) is 7.37 Å². The highest BCUT2D eigenvalue weighted by Crippen LogP contribution is 2.41. The first-order valence-corrected chi connectivity index (χ1v) is 18.3. The number of hydrogen-bond acceptors (Lipinski definition) is 6. The SMILES string of the molecule is CC(=O)[C@H](C)CCCc1ccccc1.COP(C)(=O)CC(=O)[C@H](C)CCCc1ccccc1.COP(C)(C)=O. The van der Waals surface area contributed by atoms with Crippen LogP contribution in [0.15, 0.2) is 60.7 Å². The van der Waals surface area contributed by atoms with Gasteiger partial charge in [-0.05, 0) is 56.6 Å². The van der Waals surface area contributed by atoms with Gasteiger partial charge < -0.3 is 9.05 Å². The molecular weight excluding hydrogens is 530 g/mol. The topological polar surface area (TPSA) is 86.7 Å². The van der Waals surface area contributed by atoms with Gasteiger partial charge in [0.1, 0.15) is 11.6 Å². The van der Waals surface area contributed by atoms with Crippen LogP contribution in [0.4, 0.5) is 0 Å². The Kier molecular flexibility index (Phi) is 19.2. The molecule has 0 aromatic heterocycles. The smallest absolute Gasteiger partial charge is 0.207 e. The summed E-state index contributed by atoms with van der Waals surface area (Å²) in [6.07, 6.45) is 6.02. The lowest BCUT2D eigenvalue weighted by molar-refractivity contribution is -0.121. The fourth-order valence-electron chi connectivity index (χ4n) is 3.38. The highest BCUT2D eigenvalue weighted by atomic mass is 31.2. The Balaban J connectivity index is 0.000000631. The lowest BCUT2D eigenvalue weighted by Crippen LogP contribution is -2.16. The molecule has 0 amide bonds. The van der Waals surface area contributed by atoms with Gasteiger partial charge in [0.25, 0.3) is 0 Å². The molecule has 0 radical (unpaired) electrons. The molecule has 0 fully saturated rings. The second kappa shape index (κ2) is 20.1. The van der Waals surface area contributed by atoms with Crippen LogP contribution in [0.5, 0.6) is 0 Å². The zero-order valence-electron chi connectivity index (χ0n) is 25.2. The number of carbonyl (C=O) groups is 2. The maximum atomic E-state index is 11.9. The number of Topliss-reactive ketones (excluding diaryl/α,β-unsaturated/α-hetero) is 2. The van der Waals surface area contributed by atoms with E-state index < -0.39 is 14.7 Å². The second-order valence-corrected chi connectivity index (χ2v) is 16.0. The summed E-state index contributed by atoms with van der Waals surface area (Å²) in [5.74, 6) is 0.518. The van der Waals surface area contributed by atoms with Crippen molar-refractivity contribution in [1.82, 2.24) is 0 Å². The number of aryl methyl sites for hydroxylation is 2. The van der Waals surface area contributed by atoms with Crippen LogP contribution >= 0.6 is 14.7 Å². The molecule has 0 aliphatic heterocycles. The molecule has 220 valence electrons. The molecule has 0 heterocycles. The third-order valence-corrected chi connectivity index (χ3v) is 8.94. The van der Waals surface area contributed by atoms with Crippen molar-refractivity contribution in [2.24, 2.45) is 11.8 Å². The summed E-state index contributed by atoms with van der Waals surface area (Å²) in [6, 6.07) is 20.7. The van der Waals surface area contributed by atoms with Crippen LogP contribution in [-0.2, 0) is 40.6 Å². The van der Waals surface area contributed by atoms with Crippen molar-refractivity contribution in [3.63, 3.8) is 0 Å². The van der Waals surface area contributed by atoms with Crippen molar-refractivity contribution in [1.29, 1.82) is 0 Å². The van der Waals surface area contributed by atoms with Gasteiger partial charge in [-0.2, -0.15) is 0 Å². The zero-order valence-corrected chi connectivity index (χ0v) is 27.0. The summed E-state index contributed by atoms with van der Waals surface area (Å²) in [4.78, 5) is 22.9. The van der Waals surface area contributed by atoms with Gasteiger partial charge >= 0.3 is 0 Å². The molecule has 0 N–H and O–H groups in total. The molecule has 2 rings (SSSR count). The minimum atomic E-state index is -2.72. The fraction of sp³-hybridized carbons (Fsp3) is 0.548. The van der Waals surface area contributed by atoms with Crippen molar-refractivity contribution >= 4 is 26.3 Å². The Morgan fingerprint density at radius 3 is 1.44 bits per heavy atom. The number of benzene rings is 2. The Hall–Kier alpha value is -1.84. The van der Waals surface area contributed by atoms with Crippen molar-refractivity contribution in [3.8, 4) is 0 Å². The molecule has 3 atom stereocenters. The van der Waals surface area contributed by atoms with Crippen LogP contribution in [0.25, 0.3) is 0 Å². The van der Waals surface area contributed by atoms with Crippen molar-refractivity contribution in [2.75, 3.05) is 40.4 Å². The van der Waals surface area contributed by atoms with E-state index in [0.29, 0.717) is 5.78 Å². The fourth-order valence-corrected chi connectivity index (χ4v) is 4.39. The highest BCUT2D eigenvalue weighted by molar-refractivity contribution is 7.59. The predicted octanol–water partition coefficient (Wildman–Crippen LogP) is 8.17. The lowest BCUT2D eigenvalue weighted by Gasteiger charge is -2.14. The van der Waals surface area contributed by atoms with Crippen LogP contribution in [0, 0.1) is 11.8 Å². The number of ketones is 2. The second-order valence-electron chi connectivity index (χ2n) is 10.4. The van der Waals surface area contributed by atoms with Crippen LogP contribution < -0.4 is 0 Å². The molecule has 39 heavy (non-hydrogen) atoms. The molecule has 6 nitrogen and oxygen atoms in total. The quantitative estimate of drug-likeness (QED) is 0.210. The van der Waals surface area contributed by atoms with E-state index in [9.17, 15) is 18.7 Å². The predicted molar refractivity (Wildman–Crippen MR) is 165 cm³/mol. The first kappa shape index (κ1) is 37.2. The normalized spacial score (nSPS) is 13.9. The minimum absolute atomic E-state index is 0.0424. The summed E-state index contributed by atoms with van der Waals surface area (Å²) in [7, 11) is -2.03. The molecular formula is C31H50O6P2. The van der Waals surface area contributed by atoms with Crippen molar-refractivity contribution in [3.05, 3.63) is 71.8 Å². The average molecular weight is 581 g/mol. The van der Waals surface area contributed by atoms with Crippen molar-refractivity contribution < 1.29 is 27.8 Å². The monoisotopic (exact) mass is 580 g/mol. The lowest BCUT2D eigenvalue weighted by atomic mass is 9.98. The van der Waals surface area contributed by atoms with Gasteiger partial charge in [0, 0.05) is 46.0 Å². The third kappa shape index (κ3) is 20.7. The Morgan fingerprint density at radius 2 is 1.10 bits per heavy atom. The minimum Gasteiger partial charge on any atom is -0.332 e. The maximum absolute atomic E-state index is 11.9. The van der Waals surface area contributed by atoms with E-state index in [1.807, 2.05) is 38.1 Å². The summed E-state index contributed by atoms with van der Waals surface area (Å²) >= 11 is 0. The Bertz CT molecular complexity index is 1030. The molecule has 8 heteroatoms. The molecule has 1 unspecified atom stereocenters. The zero-order chi connectivity index (χ0) is 29.9. The molecule has 0 bridgehead atoms. The van der Waals surface area contributed by atoms with E-state index in [-0.39, 0.29) is 23.8 Å². The molecule has 0 aliphatic carbocycles. The van der Waals surface area contributed by atoms with E-state index in [4.69, 9.17) is 4.52 Å². The molecule has 0 saturated carbocycles. The highest BCUT2D eigenvalue weighted by Gasteiger charge is 2.23. The summed E-state index contributed by atoms with van der Waals surface area (Å²) in [5, 5.41) is 0. The Morgan fingerprint density at radius 1 is 0.718 bits per heavy atom. The van der Waals surface area contributed by atoms with Gasteiger partial charge in [-0.3, -0.25) is 18.7 Å². The van der Waals surface area contributed by atoms with Crippen molar-refractivity contribution in [2.45, 2.75) is 59.3 Å². The van der Waals surface area contributed by atoms with Gasteiger partial charge in [0.2, 0.25) is 7.37 Å². The number of rotatable bonds is 14. The van der Waals surface area contributed by atoms with E-state index in [0.717, 1.165) is 38.5 Å². The van der Waals surface area contributed by atoms with E-state index in [1.165, 1.54) is 32.0 Å². The molecule has 0 spiro atoms. The first-order valence-electron chi connectivity index (χ1n) is 13.5. The first-order chi connectivity index (χ1) is 18.2. The molecule has 2 aromatic carbocycles. The van der Waals surface area contributed by atoms with E-state index >= 15 is 0 Å². The molecule has 0 saturated heterocycles. The number of hydrogen-bond donors (Lipinski definition) is 0. The molecule has 0 aliphatic rings. The van der Waals surface area contributed by atoms with E-state index in [1.54, 1.807) is 20.3 Å². The van der Waals surface area contributed by atoms with Gasteiger partial charge in [-0.15, -0.1) is 0 Å². The van der Waals surface area contributed by atoms with Gasteiger partial charge in [-0.1, -0.05) is 74.5 Å². The third-order valence-electron chi connectivity index (χ3n) is 6.40. The maximum Gasteiger partial charge on any atom is 0.207 e. The molecule has 2 aromatic rings. The van der Waals surface area contributed by atoms with Crippen LogP contribution in [0.2, 0.25) is 0 Å². The average Bonchev–Trinajstić information content (AvgIpc) is 2.90. The Labute approximate surface area is 237 Å². The van der Waals surface area contributed by atoms with Crippen LogP contribution in [0.1, 0.15) is 57.6 Å². The van der Waals surface area contributed by atoms with Crippen LogP contribution in [0.3, 0.4) is 0 Å². The summed E-state index contributed by atoms with van der Waals surface area (Å²) in [5.41, 5.74) is 2.66. The summed E-state index contributed by atoms with van der Waals surface area (Å²) < 4.78 is 31.5. The van der Waals surface area contributed by atoms with E-state index in [2.05, 4.69) is 40.9 Å². The summed E-state index contributed by atoms with van der Waals surface area (Å²) in [6.45, 7) is 10.3. The number of carbonyl (C=O) groups excluding carboxylic acids is 2. The standard InChI is InChI=1S/C15H23O3P.C13H18O.C3H9O2P/c1-13(15(16)12-19(3,17)18-2)8-7-11-14-9-5-4-6-10-14;1-11(12(2)14)7-6-10-13-8-4-3-5-9-13;1-5-6(2,3)4/h4-6,9-10,13H,7-8,11-12H2,1-3H3;3-5,8-9,11H,6-7,10H2,1-2H3;1-3H3/t13-,19?;11-;/m11./s1. The van der Waals surface area contributed by atoms with Gasteiger partial charge in [0.05, 0.1) is 6.16 Å². The largest absolute Gasteiger partial charge is 0.332 e. The van der Waals surface area contributed by atoms with Crippen LogP contribution in [-0.4, -0.2) is 51.9 Å². The van der Waals surface area contributed by atoms with Gasteiger partial charge in [-0.25, -0.2) is 0 Å².